The standard InChI is InChI=1S/C9H19ClSi.C3H6/c1-9(2,3)11(10)7-5-4-6-8-11;1-3-2/h4-8H2,1-3H3;3H,1H2,2H3. The normalized spacial score (nSPS) is 20.6. The van der Waals surface area contributed by atoms with Gasteiger partial charge < -0.3 is 0 Å². The van der Waals surface area contributed by atoms with Gasteiger partial charge in [0.1, 0.15) is 0 Å². The summed E-state index contributed by atoms with van der Waals surface area (Å²) in [6.45, 7) is 12.2. The van der Waals surface area contributed by atoms with Crippen LogP contribution in [-0.4, -0.2) is 7.38 Å². The molecular weight excluding hydrogens is 208 g/mol. The first kappa shape index (κ1) is 14.2. The molecule has 0 saturated carbocycles. The van der Waals surface area contributed by atoms with Crippen molar-refractivity contribution in [3.8, 4) is 0 Å². The van der Waals surface area contributed by atoms with Crippen LogP contribution in [-0.2, 0) is 0 Å². The monoisotopic (exact) mass is 232 g/mol. The maximum atomic E-state index is 6.69. The molecule has 0 unspecified atom stereocenters. The fraction of sp³-hybridized carbons (Fsp3) is 0.833. The third-order valence-electron chi connectivity index (χ3n) is 2.99. The number of allylic oxidation sites excluding steroid dienone is 1. The smallest absolute Gasteiger partial charge is 0.161 e. The van der Waals surface area contributed by atoms with E-state index < -0.39 is 7.38 Å². The van der Waals surface area contributed by atoms with E-state index in [0.717, 1.165) is 0 Å². The van der Waals surface area contributed by atoms with Gasteiger partial charge in [-0.1, -0.05) is 46.1 Å². The zero-order chi connectivity index (χ0) is 11.2. The number of halogens is 1. The minimum absolute atomic E-state index is 0.412. The highest BCUT2D eigenvalue weighted by atomic mass is 35.6. The van der Waals surface area contributed by atoms with Gasteiger partial charge in [0.05, 0.1) is 0 Å². The topological polar surface area (TPSA) is 0 Å². The van der Waals surface area contributed by atoms with Crippen molar-refractivity contribution in [1.29, 1.82) is 0 Å². The molecule has 0 atom stereocenters. The highest BCUT2D eigenvalue weighted by Crippen LogP contribution is 2.48. The first-order chi connectivity index (χ1) is 6.37. The molecular formula is C12H25ClSi. The van der Waals surface area contributed by atoms with E-state index in [1.54, 1.807) is 6.08 Å². The number of rotatable bonds is 0. The Balaban J connectivity index is 0.000000500. The summed E-state index contributed by atoms with van der Waals surface area (Å²) in [5, 5.41) is 0.412. The Labute approximate surface area is 95.5 Å². The van der Waals surface area contributed by atoms with Crippen LogP contribution in [0.5, 0.6) is 0 Å². The fourth-order valence-electron chi connectivity index (χ4n) is 1.86. The molecule has 0 nitrogen and oxygen atoms in total. The minimum atomic E-state index is -1.37. The first-order valence-electron chi connectivity index (χ1n) is 5.63. The molecule has 0 aliphatic carbocycles. The van der Waals surface area contributed by atoms with Crippen LogP contribution in [0.4, 0.5) is 0 Å². The van der Waals surface area contributed by atoms with Crippen molar-refractivity contribution in [2.75, 3.05) is 0 Å². The van der Waals surface area contributed by atoms with Crippen molar-refractivity contribution >= 4 is 18.5 Å². The molecule has 14 heavy (non-hydrogen) atoms. The number of hydrogen-bond acceptors (Lipinski definition) is 0. The van der Waals surface area contributed by atoms with Crippen molar-refractivity contribution < 1.29 is 0 Å². The lowest BCUT2D eigenvalue weighted by molar-refractivity contribution is 0.646. The largest absolute Gasteiger partial charge is 0.166 e. The van der Waals surface area contributed by atoms with Crippen LogP contribution < -0.4 is 0 Å². The van der Waals surface area contributed by atoms with Gasteiger partial charge in [-0.2, -0.15) is 11.1 Å². The summed E-state index contributed by atoms with van der Waals surface area (Å²) in [5.74, 6) is 0. The highest BCUT2D eigenvalue weighted by Gasteiger charge is 2.43. The molecule has 0 N–H and O–H groups in total. The first-order valence-corrected chi connectivity index (χ1v) is 9.06. The SMILES string of the molecule is C=CC.CC(C)(C)[Si]1(Cl)CCCCC1. The Morgan fingerprint density at radius 2 is 1.50 bits per heavy atom. The average molecular weight is 233 g/mol. The van der Waals surface area contributed by atoms with Crippen LogP contribution in [0.1, 0.15) is 47.0 Å². The molecule has 0 aromatic carbocycles. The lowest BCUT2D eigenvalue weighted by atomic mass is 10.2. The van der Waals surface area contributed by atoms with Crippen molar-refractivity contribution in [3.05, 3.63) is 12.7 Å². The van der Waals surface area contributed by atoms with Crippen molar-refractivity contribution in [2.24, 2.45) is 0 Å². The molecule has 0 aromatic rings. The summed E-state index contributed by atoms with van der Waals surface area (Å²) in [6.07, 6.45) is 5.93. The predicted molar refractivity (Wildman–Crippen MR) is 70.7 cm³/mol. The zero-order valence-corrected chi connectivity index (χ0v) is 12.0. The van der Waals surface area contributed by atoms with E-state index in [4.69, 9.17) is 11.1 Å². The van der Waals surface area contributed by atoms with Crippen LogP contribution in [0.2, 0.25) is 17.1 Å². The van der Waals surface area contributed by atoms with Crippen LogP contribution in [0, 0.1) is 0 Å². The Bertz CT molecular complexity index is 164. The van der Waals surface area contributed by atoms with Crippen LogP contribution in [0.3, 0.4) is 0 Å². The summed E-state index contributed by atoms with van der Waals surface area (Å²) >= 11 is 6.69. The molecule has 0 amide bonds. The second kappa shape index (κ2) is 5.97. The Morgan fingerprint density at radius 1 is 1.14 bits per heavy atom. The van der Waals surface area contributed by atoms with Gasteiger partial charge in [-0.15, -0.1) is 6.58 Å². The average Bonchev–Trinajstić information content (AvgIpc) is 2.05. The van der Waals surface area contributed by atoms with Gasteiger partial charge in [0.25, 0.3) is 0 Å². The summed E-state index contributed by atoms with van der Waals surface area (Å²) in [6, 6.07) is 2.69. The molecule has 0 aromatic heterocycles. The molecule has 1 heterocycles. The second-order valence-electron chi connectivity index (χ2n) is 5.18. The Hall–Kier alpha value is 0.247. The van der Waals surface area contributed by atoms with Gasteiger partial charge in [0.15, 0.2) is 7.38 Å². The van der Waals surface area contributed by atoms with E-state index in [0.29, 0.717) is 5.04 Å². The van der Waals surface area contributed by atoms with Crippen LogP contribution >= 0.6 is 11.1 Å². The molecule has 0 bridgehead atoms. The summed E-state index contributed by atoms with van der Waals surface area (Å²) in [7, 11) is -1.37. The molecule has 1 saturated heterocycles. The van der Waals surface area contributed by atoms with Gasteiger partial charge in [-0.3, -0.25) is 0 Å². The fourth-order valence-corrected chi connectivity index (χ4v) is 6.03. The molecule has 1 rings (SSSR count). The maximum Gasteiger partial charge on any atom is 0.161 e. The van der Waals surface area contributed by atoms with Gasteiger partial charge in [0.2, 0.25) is 0 Å². The molecule has 1 aliphatic rings. The minimum Gasteiger partial charge on any atom is -0.166 e. The van der Waals surface area contributed by atoms with Gasteiger partial charge >= 0.3 is 0 Å². The molecule has 0 radical (unpaired) electrons. The zero-order valence-electron chi connectivity index (χ0n) is 10.2. The van der Waals surface area contributed by atoms with Gasteiger partial charge in [0, 0.05) is 0 Å². The van der Waals surface area contributed by atoms with E-state index in [9.17, 15) is 0 Å². The summed E-state index contributed by atoms with van der Waals surface area (Å²) in [5.41, 5.74) is 0. The summed E-state index contributed by atoms with van der Waals surface area (Å²) in [4.78, 5) is 0. The third kappa shape index (κ3) is 4.18. The molecule has 2 heteroatoms. The molecule has 1 fully saturated rings. The van der Waals surface area contributed by atoms with E-state index >= 15 is 0 Å². The second-order valence-corrected chi connectivity index (χ2v) is 11.8. The molecule has 0 spiro atoms. The Morgan fingerprint density at radius 3 is 1.71 bits per heavy atom. The van der Waals surface area contributed by atoms with Crippen LogP contribution in [0.25, 0.3) is 0 Å². The lowest BCUT2D eigenvalue weighted by Crippen LogP contribution is -2.39. The Kier molecular flexibility index (Phi) is 6.07. The summed E-state index contributed by atoms with van der Waals surface area (Å²) < 4.78 is 0. The van der Waals surface area contributed by atoms with E-state index in [1.807, 2.05) is 6.92 Å². The molecule has 84 valence electrons. The van der Waals surface area contributed by atoms with E-state index in [-0.39, 0.29) is 0 Å². The predicted octanol–water partition coefficient (Wildman–Crippen LogP) is 5.35. The van der Waals surface area contributed by atoms with Crippen molar-refractivity contribution in [1.82, 2.24) is 0 Å². The van der Waals surface area contributed by atoms with Gasteiger partial charge in [-0.05, 0) is 24.1 Å². The van der Waals surface area contributed by atoms with Gasteiger partial charge in [-0.25, -0.2) is 0 Å². The number of hydrogen-bond donors (Lipinski definition) is 0. The van der Waals surface area contributed by atoms with Crippen molar-refractivity contribution in [2.45, 2.75) is 64.1 Å². The highest BCUT2D eigenvalue weighted by molar-refractivity contribution is 7.21. The maximum absolute atomic E-state index is 6.69. The van der Waals surface area contributed by atoms with E-state index in [1.165, 1.54) is 31.4 Å². The lowest BCUT2D eigenvalue weighted by Gasteiger charge is -2.40. The van der Waals surface area contributed by atoms with Crippen LogP contribution in [0.15, 0.2) is 12.7 Å². The quantitative estimate of drug-likeness (QED) is 0.300. The third-order valence-corrected chi connectivity index (χ3v) is 10.8. The van der Waals surface area contributed by atoms with Crippen molar-refractivity contribution in [3.63, 3.8) is 0 Å². The molecule has 1 aliphatic heterocycles. The van der Waals surface area contributed by atoms with E-state index in [2.05, 4.69) is 27.4 Å².